The van der Waals surface area contributed by atoms with Crippen molar-refractivity contribution in [3.8, 4) is 6.01 Å². The molecule has 1 aromatic heterocycles. The highest BCUT2D eigenvalue weighted by Crippen LogP contribution is 2.16. The Kier molecular flexibility index (Phi) is 5.98. The molecule has 0 amide bonds. The number of rotatable bonds is 7. The van der Waals surface area contributed by atoms with E-state index in [1.54, 1.807) is 7.11 Å². The monoisotopic (exact) mass is 294 g/mol. The van der Waals surface area contributed by atoms with Crippen LogP contribution in [0.3, 0.4) is 0 Å². The third-order valence-corrected chi connectivity index (χ3v) is 3.51. The standard InChI is InChI=1S/C14H26N6O/c1-4-6-15-12-16-13(18-14(17-12)21-3)20-10-8-19(7-5-2)9-11-20/h4-11H2,1-3H3,(H,15,16,17,18). The summed E-state index contributed by atoms with van der Waals surface area (Å²) < 4.78 is 5.19. The van der Waals surface area contributed by atoms with Crippen molar-refractivity contribution in [3.63, 3.8) is 0 Å². The van der Waals surface area contributed by atoms with E-state index < -0.39 is 0 Å². The SMILES string of the molecule is CCCNc1nc(OC)nc(N2CCN(CCC)CC2)n1. The number of anilines is 2. The molecule has 1 aliphatic rings. The van der Waals surface area contributed by atoms with Gasteiger partial charge in [0.05, 0.1) is 7.11 Å². The van der Waals surface area contributed by atoms with Gasteiger partial charge in [-0.25, -0.2) is 0 Å². The molecule has 1 aromatic rings. The van der Waals surface area contributed by atoms with Crippen molar-refractivity contribution in [3.05, 3.63) is 0 Å². The van der Waals surface area contributed by atoms with Crippen molar-refractivity contribution < 1.29 is 4.74 Å². The molecule has 21 heavy (non-hydrogen) atoms. The van der Waals surface area contributed by atoms with E-state index in [4.69, 9.17) is 4.74 Å². The molecule has 1 N–H and O–H groups in total. The molecule has 7 heteroatoms. The summed E-state index contributed by atoms with van der Waals surface area (Å²) in [7, 11) is 1.59. The normalized spacial score (nSPS) is 16.0. The van der Waals surface area contributed by atoms with E-state index >= 15 is 0 Å². The van der Waals surface area contributed by atoms with Crippen molar-refractivity contribution in [2.45, 2.75) is 26.7 Å². The second-order valence-electron chi connectivity index (χ2n) is 5.20. The smallest absolute Gasteiger partial charge is 0.322 e. The highest BCUT2D eigenvalue weighted by molar-refractivity contribution is 5.38. The quantitative estimate of drug-likeness (QED) is 0.811. The van der Waals surface area contributed by atoms with E-state index in [-0.39, 0.29) is 0 Å². The lowest BCUT2D eigenvalue weighted by atomic mass is 10.3. The maximum atomic E-state index is 5.19. The lowest BCUT2D eigenvalue weighted by Gasteiger charge is -2.34. The summed E-state index contributed by atoms with van der Waals surface area (Å²) in [6.45, 7) is 10.3. The molecule has 0 bridgehead atoms. The van der Waals surface area contributed by atoms with Crippen LogP contribution in [0.25, 0.3) is 0 Å². The zero-order valence-electron chi connectivity index (χ0n) is 13.3. The lowest BCUT2D eigenvalue weighted by molar-refractivity contribution is 0.257. The number of ether oxygens (including phenoxy) is 1. The van der Waals surface area contributed by atoms with Crippen LogP contribution >= 0.6 is 0 Å². The van der Waals surface area contributed by atoms with Crippen LogP contribution in [0, 0.1) is 0 Å². The second kappa shape index (κ2) is 7.97. The minimum atomic E-state index is 0.370. The Morgan fingerprint density at radius 1 is 1.05 bits per heavy atom. The van der Waals surface area contributed by atoms with Crippen molar-refractivity contribution in [2.75, 3.05) is 56.6 Å². The van der Waals surface area contributed by atoms with Crippen LogP contribution in [0.5, 0.6) is 6.01 Å². The first kappa shape index (κ1) is 15.8. The summed E-state index contributed by atoms with van der Waals surface area (Å²) in [5.74, 6) is 1.30. The first-order chi connectivity index (χ1) is 10.3. The van der Waals surface area contributed by atoms with E-state index in [9.17, 15) is 0 Å². The van der Waals surface area contributed by atoms with Crippen LogP contribution in [-0.2, 0) is 0 Å². The lowest BCUT2D eigenvalue weighted by Crippen LogP contribution is -2.47. The van der Waals surface area contributed by atoms with E-state index in [1.165, 1.54) is 6.42 Å². The van der Waals surface area contributed by atoms with Gasteiger partial charge < -0.3 is 15.0 Å². The number of nitrogens with zero attached hydrogens (tertiary/aromatic N) is 5. The molecular weight excluding hydrogens is 268 g/mol. The average molecular weight is 294 g/mol. The highest BCUT2D eigenvalue weighted by atomic mass is 16.5. The van der Waals surface area contributed by atoms with Crippen LogP contribution in [0.15, 0.2) is 0 Å². The summed E-state index contributed by atoms with van der Waals surface area (Å²) in [4.78, 5) is 17.8. The van der Waals surface area contributed by atoms with Gasteiger partial charge in [-0.2, -0.15) is 15.0 Å². The molecule has 2 rings (SSSR count). The minimum Gasteiger partial charge on any atom is -0.467 e. The Morgan fingerprint density at radius 2 is 1.81 bits per heavy atom. The van der Waals surface area contributed by atoms with E-state index in [0.29, 0.717) is 17.9 Å². The molecule has 1 saturated heterocycles. The number of nitrogens with one attached hydrogen (secondary N) is 1. The molecule has 2 heterocycles. The predicted octanol–water partition coefficient (Wildman–Crippen LogP) is 1.23. The van der Waals surface area contributed by atoms with Crippen molar-refractivity contribution in [1.82, 2.24) is 19.9 Å². The van der Waals surface area contributed by atoms with Crippen molar-refractivity contribution in [2.24, 2.45) is 0 Å². The fraction of sp³-hybridized carbons (Fsp3) is 0.786. The van der Waals surface area contributed by atoms with Gasteiger partial charge in [-0.3, -0.25) is 4.90 Å². The molecule has 0 atom stereocenters. The molecule has 0 saturated carbocycles. The van der Waals surface area contributed by atoms with E-state index in [0.717, 1.165) is 45.7 Å². The zero-order valence-corrected chi connectivity index (χ0v) is 13.3. The summed E-state index contributed by atoms with van der Waals surface area (Å²) >= 11 is 0. The van der Waals surface area contributed by atoms with E-state index in [1.807, 2.05) is 0 Å². The van der Waals surface area contributed by atoms with Crippen molar-refractivity contribution in [1.29, 1.82) is 0 Å². The molecule has 0 radical (unpaired) electrons. The molecule has 1 aliphatic heterocycles. The Morgan fingerprint density at radius 3 is 2.43 bits per heavy atom. The predicted molar refractivity (Wildman–Crippen MR) is 84.1 cm³/mol. The van der Waals surface area contributed by atoms with Crippen LogP contribution in [0.2, 0.25) is 0 Å². The Balaban J connectivity index is 2.04. The molecule has 1 fully saturated rings. The van der Waals surface area contributed by atoms with Crippen LogP contribution in [0.4, 0.5) is 11.9 Å². The highest BCUT2D eigenvalue weighted by Gasteiger charge is 2.20. The summed E-state index contributed by atoms with van der Waals surface area (Å²) in [6.07, 6.45) is 2.23. The Labute approximate surface area is 126 Å². The fourth-order valence-corrected chi connectivity index (χ4v) is 2.38. The van der Waals surface area contributed by atoms with E-state index in [2.05, 4.69) is 43.9 Å². The number of aromatic nitrogens is 3. The van der Waals surface area contributed by atoms with Gasteiger partial charge in [-0.05, 0) is 19.4 Å². The minimum absolute atomic E-state index is 0.370. The maximum Gasteiger partial charge on any atom is 0.322 e. The summed E-state index contributed by atoms with van der Waals surface area (Å²) in [5, 5.41) is 3.20. The molecule has 0 aromatic carbocycles. The molecule has 0 unspecified atom stereocenters. The Hall–Kier alpha value is -1.63. The Bertz CT molecular complexity index is 433. The average Bonchev–Trinajstić information content (AvgIpc) is 2.53. The topological polar surface area (TPSA) is 66.4 Å². The maximum absolute atomic E-state index is 5.19. The first-order valence-electron chi connectivity index (χ1n) is 7.78. The van der Waals surface area contributed by atoms with Gasteiger partial charge in [-0.15, -0.1) is 0 Å². The van der Waals surface area contributed by atoms with Gasteiger partial charge in [0.15, 0.2) is 0 Å². The molecular formula is C14H26N6O. The second-order valence-corrected chi connectivity index (χ2v) is 5.20. The number of methoxy groups -OCH3 is 1. The van der Waals surface area contributed by atoms with Crippen LogP contribution in [-0.4, -0.2) is 66.2 Å². The number of piperazine rings is 1. The molecule has 118 valence electrons. The van der Waals surface area contributed by atoms with Gasteiger partial charge in [0.2, 0.25) is 11.9 Å². The third kappa shape index (κ3) is 4.42. The first-order valence-corrected chi connectivity index (χ1v) is 7.78. The van der Waals surface area contributed by atoms with Crippen LogP contribution < -0.4 is 15.0 Å². The van der Waals surface area contributed by atoms with Crippen LogP contribution in [0.1, 0.15) is 26.7 Å². The van der Waals surface area contributed by atoms with Gasteiger partial charge in [0.25, 0.3) is 0 Å². The molecule has 0 spiro atoms. The largest absolute Gasteiger partial charge is 0.467 e. The fourth-order valence-electron chi connectivity index (χ4n) is 2.38. The third-order valence-electron chi connectivity index (χ3n) is 3.51. The zero-order chi connectivity index (χ0) is 15.1. The van der Waals surface area contributed by atoms with Gasteiger partial charge in [0, 0.05) is 32.7 Å². The summed E-state index contributed by atoms with van der Waals surface area (Å²) in [5.41, 5.74) is 0. The van der Waals surface area contributed by atoms with Gasteiger partial charge in [0.1, 0.15) is 0 Å². The van der Waals surface area contributed by atoms with Gasteiger partial charge >= 0.3 is 6.01 Å². The van der Waals surface area contributed by atoms with Gasteiger partial charge in [-0.1, -0.05) is 13.8 Å². The van der Waals surface area contributed by atoms with Crippen molar-refractivity contribution >= 4 is 11.9 Å². The molecule has 7 nitrogen and oxygen atoms in total. The number of hydrogen-bond acceptors (Lipinski definition) is 7. The summed E-state index contributed by atoms with van der Waals surface area (Å²) in [6, 6.07) is 0.370. The molecule has 0 aliphatic carbocycles. The number of hydrogen-bond donors (Lipinski definition) is 1.